The zero-order valence-corrected chi connectivity index (χ0v) is 15.4. The Morgan fingerprint density at radius 3 is 2.77 bits per heavy atom. The number of methoxy groups -OCH3 is 1. The monoisotopic (exact) mass is 369 g/mol. The molecule has 0 aliphatic carbocycles. The molecule has 134 valence electrons. The van der Waals surface area contributed by atoms with E-state index < -0.39 is 0 Å². The Morgan fingerprint density at radius 1 is 1.27 bits per heavy atom. The highest BCUT2D eigenvalue weighted by Crippen LogP contribution is 2.24. The fraction of sp³-hybridized carbons (Fsp3) is 0.211. The molecule has 0 atom stereocenters. The smallest absolute Gasteiger partial charge is 0.254 e. The van der Waals surface area contributed by atoms with Crippen LogP contribution in [0, 0.1) is 6.92 Å². The van der Waals surface area contributed by atoms with Gasteiger partial charge in [0.05, 0.1) is 18.4 Å². The van der Waals surface area contributed by atoms with Crippen LogP contribution in [0.5, 0.6) is 5.75 Å². The molecule has 0 saturated heterocycles. The molecular weight excluding hydrogens is 350 g/mol. The number of nitrogens with one attached hydrogen (secondary N) is 1. The molecule has 26 heavy (non-hydrogen) atoms. The second kappa shape index (κ2) is 8.53. The fourth-order valence-corrected chi connectivity index (χ4v) is 3.20. The topological polar surface area (TPSA) is 77.2 Å². The minimum Gasteiger partial charge on any atom is -0.497 e. The Labute approximate surface area is 156 Å². The molecular formula is C19H19N3O3S. The van der Waals surface area contributed by atoms with Crippen molar-refractivity contribution in [2.24, 2.45) is 0 Å². The van der Waals surface area contributed by atoms with Gasteiger partial charge in [-0.15, -0.1) is 0 Å². The van der Waals surface area contributed by atoms with Crippen molar-refractivity contribution in [1.82, 2.24) is 15.5 Å². The largest absolute Gasteiger partial charge is 0.497 e. The number of hydrogen-bond acceptors (Lipinski definition) is 6. The predicted molar refractivity (Wildman–Crippen MR) is 99.2 cm³/mol. The number of carbonyl (C=O) groups excluding carboxylic acids is 1. The number of rotatable bonds is 7. The first-order chi connectivity index (χ1) is 12.7. The molecule has 0 aliphatic heterocycles. The van der Waals surface area contributed by atoms with Crippen molar-refractivity contribution in [3.63, 3.8) is 0 Å². The van der Waals surface area contributed by atoms with E-state index in [9.17, 15) is 4.79 Å². The second-order valence-corrected chi connectivity index (χ2v) is 6.57. The zero-order valence-electron chi connectivity index (χ0n) is 14.6. The molecule has 6 nitrogen and oxygen atoms in total. The van der Waals surface area contributed by atoms with Gasteiger partial charge in [0.2, 0.25) is 0 Å². The van der Waals surface area contributed by atoms with Gasteiger partial charge < -0.3 is 14.6 Å². The van der Waals surface area contributed by atoms with E-state index in [1.54, 1.807) is 25.4 Å². The van der Waals surface area contributed by atoms with Crippen LogP contribution in [0.2, 0.25) is 0 Å². The van der Waals surface area contributed by atoms with E-state index in [2.05, 4.69) is 15.5 Å². The maximum Gasteiger partial charge on any atom is 0.254 e. The van der Waals surface area contributed by atoms with Crippen molar-refractivity contribution in [1.29, 1.82) is 0 Å². The third-order valence-electron chi connectivity index (χ3n) is 3.66. The lowest BCUT2D eigenvalue weighted by atomic mass is 10.2. The van der Waals surface area contributed by atoms with Crippen LogP contribution in [0.3, 0.4) is 0 Å². The summed E-state index contributed by atoms with van der Waals surface area (Å²) in [5.41, 5.74) is 2.37. The molecule has 0 spiro atoms. The normalized spacial score (nSPS) is 10.5. The molecule has 0 aliphatic rings. The summed E-state index contributed by atoms with van der Waals surface area (Å²) in [6, 6.07) is 13.0. The number of hydrogen-bond donors (Lipinski definition) is 1. The summed E-state index contributed by atoms with van der Waals surface area (Å²) < 4.78 is 10.2. The molecule has 1 aromatic carbocycles. The van der Waals surface area contributed by atoms with Crippen LogP contribution in [-0.4, -0.2) is 23.2 Å². The van der Waals surface area contributed by atoms with Gasteiger partial charge in [0, 0.05) is 24.6 Å². The van der Waals surface area contributed by atoms with Crippen molar-refractivity contribution in [3.8, 4) is 5.75 Å². The van der Waals surface area contributed by atoms with Gasteiger partial charge in [0.1, 0.15) is 16.5 Å². The second-order valence-electron chi connectivity index (χ2n) is 5.60. The molecule has 3 aromatic rings. The van der Waals surface area contributed by atoms with Gasteiger partial charge in [-0.3, -0.25) is 4.79 Å². The number of thioether (sulfide) groups is 1. The van der Waals surface area contributed by atoms with Gasteiger partial charge in [0.25, 0.3) is 5.91 Å². The summed E-state index contributed by atoms with van der Waals surface area (Å²) in [5.74, 6) is 1.98. The Balaban J connectivity index is 1.63. The van der Waals surface area contributed by atoms with E-state index >= 15 is 0 Å². The van der Waals surface area contributed by atoms with Gasteiger partial charge in [0.15, 0.2) is 0 Å². The Kier molecular flexibility index (Phi) is 5.91. The van der Waals surface area contributed by atoms with Crippen molar-refractivity contribution >= 4 is 17.7 Å². The fourth-order valence-electron chi connectivity index (χ4n) is 2.33. The molecule has 1 amide bonds. The van der Waals surface area contributed by atoms with Crippen LogP contribution in [0.25, 0.3) is 0 Å². The summed E-state index contributed by atoms with van der Waals surface area (Å²) in [6.07, 6.45) is 1.68. The van der Waals surface area contributed by atoms with Crippen molar-refractivity contribution < 1.29 is 14.1 Å². The summed E-state index contributed by atoms with van der Waals surface area (Å²) >= 11 is 1.46. The van der Waals surface area contributed by atoms with Gasteiger partial charge in [-0.2, -0.15) is 0 Å². The molecule has 0 saturated carbocycles. The highest BCUT2D eigenvalue weighted by Gasteiger charge is 2.13. The summed E-state index contributed by atoms with van der Waals surface area (Å²) in [5, 5.41) is 7.56. The van der Waals surface area contributed by atoms with E-state index in [-0.39, 0.29) is 5.91 Å². The number of amides is 1. The highest BCUT2D eigenvalue weighted by molar-refractivity contribution is 7.98. The number of benzene rings is 1. The molecule has 3 rings (SSSR count). The molecule has 0 bridgehead atoms. The SMILES string of the molecule is COc1ccc(CNC(=O)c2cccnc2SCc2cc(C)on2)cc1. The zero-order chi connectivity index (χ0) is 18.4. The van der Waals surface area contributed by atoms with Crippen molar-refractivity contribution in [2.45, 2.75) is 24.2 Å². The number of aryl methyl sites for hydroxylation is 1. The number of nitrogens with zero attached hydrogens (tertiary/aromatic N) is 2. The lowest BCUT2D eigenvalue weighted by Gasteiger charge is -2.09. The van der Waals surface area contributed by atoms with E-state index in [0.29, 0.717) is 22.9 Å². The van der Waals surface area contributed by atoms with E-state index in [4.69, 9.17) is 9.26 Å². The van der Waals surface area contributed by atoms with Gasteiger partial charge in [-0.1, -0.05) is 29.1 Å². The molecule has 2 heterocycles. The average molecular weight is 369 g/mol. The Morgan fingerprint density at radius 2 is 2.08 bits per heavy atom. The lowest BCUT2D eigenvalue weighted by Crippen LogP contribution is -2.23. The van der Waals surface area contributed by atoms with Crippen LogP contribution < -0.4 is 10.1 Å². The maximum atomic E-state index is 12.6. The number of carbonyl (C=O) groups is 1. The molecule has 0 unspecified atom stereocenters. The molecule has 0 radical (unpaired) electrons. The van der Waals surface area contributed by atoms with Gasteiger partial charge in [-0.05, 0) is 36.8 Å². The minimum absolute atomic E-state index is 0.159. The third-order valence-corrected chi connectivity index (χ3v) is 4.70. The van der Waals surface area contributed by atoms with Crippen molar-refractivity contribution in [2.75, 3.05) is 7.11 Å². The lowest BCUT2D eigenvalue weighted by molar-refractivity contribution is 0.0947. The first-order valence-electron chi connectivity index (χ1n) is 8.07. The summed E-state index contributed by atoms with van der Waals surface area (Å²) in [7, 11) is 1.62. The standard InChI is InChI=1S/C19H19N3O3S/c1-13-10-15(22-25-13)12-26-19-17(4-3-9-20-19)18(23)21-11-14-5-7-16(24-2)8-6-14/h3-10H,11-12H2,1-2H3,(H,21,23). The molecule has 0 fully saturated rings. The number of aromatic nitrogens is 2. The predicted octanol–water partition coefficient (Wildman–Crippen LogP) is 3.61. The summed E-state index contributed by atoms with van der Waals surface area (Å²) in [6.45, 7) is 2.28. The Hall–Kier alpha value is -2.80. The van der Waals surface area contributed by atoms with Crippen LogP contribution >= 0.6 is 11.8 Å². The van der Waals surface area contributed by atoms with Crippen LogP contribution in [0.1, 0.15) is 27.4 Å². The van der Waals surface area contributed by atoms with Crippen LogP contribution in [-0.2, 0) is 12.3 Å². The van der Waals surface area contributed by atoms with E-state index in [1.165, 1.54) is 11.8 Å². The van der Waals surface area contributed by atoms with Crippen LogP contribution in [0.15, 0.2) is 58.2 Å². The quantitative estimate of drug-likeness (QED) is 0.641. The van der Waals surface area contributed by atoms with Crippen molar-refractivity contribution in [3.05, 3.63) is 71.2 Å². The minimum atomic E-state index is -0.159. The van der Waals surface area contributed by atoms with E-state index in [1.807, 2.05) is 37.3 Å². The van der Waals surface area contributed by atoms with Gasteiger partial charge >= 0.3 is 0 Å². The van der Waals surface area contributed by atoms with Gasteiger partial charge in [-0.25, -0.2) is 4.98 Å². The summed E-state index contributed by atoms with van der Waals surface area (Å²) in [4.78, 5) is 16.9. The average Bonchev–Trinajstić information content (AvgIpc) is 3.10. The molecule has 7 heteroatoms. The first-order valence-corrected chi connectivity index (χ1v) is 9.05. The van der Waals surface area contributed by atoms with Crippen LogP contribution in [0.4, 0.5) is 0 Å². The third kappa shape index (κ3) is 4.64. The molecule has 2 aromatic heterocycles. The molecule has 1 N–H and O–H groups in total. The van der Waals surface area contributed by atoms with E-state index in [0.717, 1.165) is 22.8 Å². The number of pyridine rings is 1. The Bertz CT molecular complexity index is 878. The number of ether oxygens (including phenoxy) is 1. The highest BCUT2D eigenvalue weighted by atomic mass is 32.2. The maximum absolute atomic E-state index is 12.6. The first kappa shape index (κ1) is 18.0.